The lowest BCUT2D eigenvalue weighted by molar-refractivity contribution is -0.131. The highest BCUT2D eigenvalue weighted by Gasteiger charge is 2.26. The van der Waals surface area contributed by atoms with Crippen molar-refractivity contribution in [3.8, 4) is 0 Å². The van der Waals surface area contributed by atoms with Crippen LogP contribution in [0, 0.1) is 5.92 Å². The number of piperidine rings is 1. The molecule has 5 nitrogen and oxygen atoms in total. The Hall–Kier alpha value is -1.62. The Morgan fingerprint density at radius 3 is 2.70 bits per heavy atom. The van der Waals surface area contributed by atoms with Gasteiger partial charge in [-0.05, 0) is 56.7 Å². The van der Waals surface area contributed by atoms with Gasteiger partial charge < -0.3 is 15.1 Å². The summed E-state index contributed by atoms with van der Waals surface area (Å²) < 4.78 is 0. The van der Waals surface area contributed by atoms with Crippen LogP contribution in [0.4, 0.5) is 5.69 Å². The van der Waals surface area contributed by atoms with Crippen molar-refractivity contribution in [1.29, 1.82) is 0 Å². The molecule has 0 saturated carbocycles. The molecular formula is C18H28N4O. The molecular weight excluding hydrogens is 288 g/mol. The smallest absolute Gasteiger partial charge is 0.239 e. The zero-order chi connectivity index (χ0) is 16.1. The van der Waals surface area contributed by atoms with Gasteiger partial charge in [0.15, 0.2) is 0 Å². The average Bonchev–Trinajstić information content (AvgIpc) is 3.15. The van der Waals surface area contributed by atoms with Crippen molar-refractivity contribution < 1.29 is 4.79 Å². The Morgan fingerprint density at radius 2 is 2.04 bits per heavy atom. The molecule has 2 saturated heterocycles. The van der Waals surface area contributed by atoms with Crippen LogP contribution in [0.15, 0.2) is 24.5 Å². The monoisotopic (exact) mass is 316 g/mol. The summed E-state index contributed by atoms with van der Waals surface area (Å²) in [5.74, 6) is 1.01. The molecule has 2 fully saturated rings. The topological polar surface area (TPSA) is 48.5 Å². The van der Waals surface area contributed by atoms with Crippen LogP contribution in [0.3, 0.4) is 0 Å². The maximum Gasteiger partial charge on any atom is 0.239 e. The van der Waals surface area contributed by atoms with Gasteiger partial charge in [0.25, 0.3) is 0 Å². The normalized spacial score (nSPS) is 22.3. The van der Waals surface area contributed by atoms with Gasteiger partial charge in [-0.2, -0.15) is 0 Å². The third kappa shape index (κ3) is 4.22. The first-order chi connectivity index (χ1) is 11.2. The fourth-order valence-electron chi connectivity index (χ4n) is 3.68. The second-order valence-corrected chi connectivity index (χ2v) is 6.83. The summed E-state index contributed by atoms with van der Waals surface area (Å²) in [6.45, 7) is 4.09. The van der Waals surface area contributed by atoms with Crippen LogP contribution in [0.2, 0.25) is 0 Å². The van der Waals surface area contributed by atoms with E-state index in [1.54, 1.807) is 0 Å². The maximum absolute atomic E-state index is 12.3. The summed E-state index contributed by atoms with van der Waals surface area (Å²) in [5, 5.41) is 3.30. The van der Waals surface area contributed by atoms with Gasteiger partial charge in [-0.25, -0.2) is 0 Å². The second kappa shape index (κ2) is 7.77. The minimum Gasteiger partial charge on any atom is -0.371 e. The van der Waals surface area contributed by atoms with E-state index < -0.39 is 0 Å². The lowest BCUT2D eigenvalue weighted by Gasteiger charge is -2.34. The second-order valence-electron chi connectivity index (χ2n) is 6.83. The fourth-order valence-corrected chi connectivity index (χ4v) is 3.68. The van der Waals surface area contributed by atoms with E-state index in [0.717, 1.165) is 51.4 Å². The molecule has 2 aliphatic heterocycles. The van der Waals surface area contributed by atoms with Crippen molar-refractivity contribution in [3.05, 3.63) is 24.5 Å². The van der Waals surface area contributed by atoms with E-state index in [1.165, 1.54) is 18.5 Å². The van der Waals surface area contributed by atoms with Gasteiger partial charge in [0.05, 0.1) is 6.04 Å². The Morgan fingerprint density at radius 1 is 1.30 bits per heavy atom. The molecule has 1 unspecified atom stereocenters. The van der Waals surface area contributed by atoms with E-state index in [2.05, 4.69) is 27.3 Å². The zero-order valence-corrected chi connectivity index (χ0v) is 14.1. The average molecular weight is 316 g/mol. The number of hydrogen-bond donors (Lipinski definition) is 1. The van der Waals surface area contributed by atoms with Crippen molar-refractivity contribution in [2.75, 3.05) is 38.1 Å². The van der Waals surface area contributed by atoms with Gasteiger partial charge in [-0.1, -0.05) is 0 Å². The van der Waals surface area contributed by atoms with E-state index >= 15 is 0 Å². The summed E-state index contributed by atoms with van der Waals surface area (Å²) in [4.78, 5) is 20.8. The van der Waals surface area contributed by atoms with Gasteiger partial charge in [-0.3, -0.25) is 9.78 Å². The predicted molar refractivity (Wildman–Crippen MR) is 92.5 cm³/mol. The van der Waals surface area contributed by atoms with Crippen LogP contribution in [-0.4, -0.2) is 55.1 Å². The summed E-state index contributed by atoms with van der Waals surface area (Å²) >= 11 is 0. The molecule has 1 N–H and O–H groups in total. The highest BCUT2D eigenvalue weighted by atomic mass is 16.2. The van der Waals surface area contributed by atoms with Gasteiger partial charge in [0.1, 0.15) is 0 Å². The fraction of sp³-hybridized carbons (Fsp3) is 0.667. The Balaban J connectivity index is 1.39. The van der Waals surface area contributed by atoms with Crippen LogP contribution < -0.4 is 10.2 Å². The van der Waals surface area contributed by atoms with Crippen molar-refractivity contribution >= 4 is 11.6 Å². The third-order valence-electron chi connectivity index (χ3n) is 5.25. The molecule has 23 heavy (non-hydrogen) atoms. The van der Waals surface area contributed by atoms with Crippen molar-refractivity contribution in [2.24, 2.45) is 5.92 Å². The lowest BCUT2D eigenvalue weighted by Crippen LogP contribution is -2.42. The van der Waals surface area contributed by atoms with E-state index in [-0.39, 0.29) is 11.9 Å². The number of carbonyl (C=O) groups is 1. The Bertz CT molecular complexity index is 493. The summed E-state index contributed by atoms with van der Waals surface area (Å²) in [6, 6.07) is 4.23. The highest BCUT2D eigenvalue weighted by molar-refractivity contribution is 5.81. The first-order valence-electron chi connectivity index (χ1n) is 8.87. The summed E-state index contributed by atoms with van der Waals surface area (Å²) in [6.07, 6.45) is 9.39. The number of rotatable bonds is 5. The molecule has 2 aliphatic rings. The number of anilines is 1. The van der Waals surface area contributed by atoms with Gasteiger partial charge in [0, 0.05) is 44.8 Å². The number of nitrogens with zero attached hydrogens (tertiary/aromatic N) is 3. The van der Waals surface area contributed by atoms with Crippen LogP contribution in [0.25, 0.3) is 0 Å². The zero-order valence-electron chi connectivity index (χ0n) is 14.1. The minimum atomic E-state index is 0.0635. The van der Waals surface area contributed by atoms with Crippen LogP contribution in [0.1, 0.15) is 32.1 Å². The first-order valence-corrected chi connectivity index (χ1v) is 8.87. The minimum absolute atomic E-state index is 0.0635. The molecule has 1 atom stereocenters. The van der Waals surface area contributed by atoms with Crippen LogP contribution >= 0.6 is 0 Å². The molecule has 1 aromatic rings. The molecule has 126 valence electrons. The molecule has 0 aliphatic carbocycles. The van der Waals surface area contributed by atoms with Crippen LogP contribution in [0.5, 0.6) is 0 Å². The summed E-state index contributed by atoms with van der Waals surface area (Å²) in [5.41, 5.74) is 1.28. The molecule has 0 radical (unpaired) electrons. The third-order valence-corrected chi connectivity index (χ3v) is 5.25. The molecule has 0 aromatic carbocycles. The number of likely N-dealkylation sites (N-methyl/N-ethyl adjacent to an activating group) is 1. The predicted octanol–water partition coefficient (Wildman–Crippen LogP) is 1.90. The van der Waals surface area contributed by atoms with E-state index in [9.17, 15) is 4.79 Å². The number of amides is 1. The maximum atomic E-state index is 12.3. The van der Waals surface area contributed by atoms with E-state index in [0.29, 0.717) is 0 Å². The summed E-state index contributed by atoms with van der Waals surface area (Å²) in [7, 11) is 1.95. The molecule has 5 heteroatoms. The number of pyridine rings is 1. The largest absolute Gasteiger partial charge is 0.371 e. The number of aromatic nitrogens is 1. The molecule has 3 heterocycles. The molecule has 0 bridgehead atoms. The molecule has 1 amide bonds. The quantitative estimate of drug-likeness (QED) is 0.901. The standard InChI is InChI=1S/C18H28N4O/c1-21(18(23)17-3-2-9-20-17)12-6-15-7-13-22(14-8-15)16-4-10-19-11-5-16/h4-5,10-11,15,17,20H,2-3,6-9,12-14H2,1H3. The Labute approximate surface area is 139 Å². The molecule has 1 aromatic heterocycles. The highest BCUT2D eigenvalue weighted by Crippen LogP contribution is 2.25. The Kier molecular flexibility index (Phi) is 5.49. The van der Waals surface area contributed by atoms with E-state index in [1.807, 2.05) is 24.3 Å². The first kappa shape index (κ1) is 16.2. The van der Waals surface area contributed by atoms with Crippen molar-refractivity contribution in [3.63, 3.8) is 0 Å². The number of nitrogens with one attached hydrogen (secondary N) is 1. The van der Waals surface area contributed by atoms with Crippen molar-refractivity contribution in [1.82, 2.24) is 15.2 Å². The van der Waals surface area contributed by atoms with Gasteiger partial charge in [0.2, 0.25) is 5.91 Å². The van der Waals surface area contributed by atoms with E-state index in [4.69, 9.17) is 0 Å². The van der Waals surface area contributed by atoms with Gasteiger partial charge in [-0.15, -0.1) is 0 Å². The van der Waals surface area contributed by atoms with Crippen molar-refractivity contribution in [2.45, 2.75) is 38.1 Å². The SMILES string of the molecule is CN(CCC1CCN(c2ccncc2)CC1)C(=O)C1CCCN1. The molecule has 3 rings (SSSR count). The molecule has 0 spiro atoms. The number of carbonyl (C=O) groups excluding carboxylic acids is 1. The lowest BCUT2D eigenvalue weighted by atomic mass is 9.93. The van der Waals surface area contributed by atoms with Gasteiger partial charge >= 0.3 is 0 Å². The van der Waals surface area contributed by atoms with Crippen LogP contribution in [-0.2, 0) is 4.79 Å². The number of hydrogen-bond acceptors (Lipinski definition) is 4.